The molecule has 0 amide bonds. The van der Waals surface area contributed by atoms with Crippen molar-refractivity contribution < 1.29 is 4.42 Å². The lowest BCUT2D eigenvalue weighted by atomic mass is 10.1. The zero-order chi connectivity index (χ0) is 28.1. The van der Waals surface area contributed by atoms with E-state index in [1.807, 2.05) is 74.6 Å². The summed E-state index contributed by atoms with van der Waals surface area (Å²) in [5.74, 6) is 0. The standard InChI is InChI=1S/C35H21N7O/c1-2-8-22(9-3-1)27-19-37-41-33(27)40-34(42-35(41)30(21-38-42)39-17-16-23-10-4-6-12-29(23)39)28(20-36-40)24-14-15-32-26(18-24)25-11-5-7-13-31(25)43-32/h1-21H. The van der Waals surface area contributed by atoms with E-state index in [2.05, 4.69) is 71.4 Å². The molecule has 4 aromatic carbocycles. The average molecular weight is 556 g/mol. The number of hydrogen-bond donors (Lipinski definition) is 0. The lowest BCUT2D eigenvalue weighted by Crippen LogP contribution is -2.07. The van der Waals surface area contributed by atoms with Crippen LogP contribution in [0.15, 0.2) is 132 Å². The van der Waals surface area contributed by atoms with E-state index in [0.29, 0.717) is 0 Å². The smallest absolute Gasteiger partial charge is 0.185 e. The van der Waals surface area contributed by atoms with Crippen molar-refractivity contribution in [3.05, 3.63) is 128 Å². The molecule has 0 bridgehead atoms. The third kappa shape index (κ3) is 3.01. The molecule has 10 rings (SSSR count). The van der Waals surface area contributed by atoms with E-state index in [9.17, 15) is 0 Å². The molecule has 0 radical (unpaired) electrons. The molecule has 0 fully saturated rings. The third-order valence-electron chi connectivity index (χ3n) is 8.45. The molecular formula is C35H21N7O. The van der Waals surface area contributed by atoms with Gasteiger partial charge in [0.25, 0.3) is 0 Å². The van der Waals surface area contributed by atoms with Crippen molar-refractivity contribution in [1.29, 1.82) is 0 Å². The lowest BCUT2D eigenvalue weighted by molar-refractivity contribution is 0.669. The minimum atomic E-state index is 0.850. The SMILES string of the molecule is c1ccc(-c2cnn3c2n2ncc(-c4ccc5oc6ccccc6c5c4)c2n2ncc(-n4ccc5ccccc54)c23)cc1. The van der Waals surface area contributed by atoms with E-state index >= 15 is 0 Å². The average Bonchev–Trinajstić information content (AvgIpc) is 3.88. The van der Waals surface area contributed by atoms with Gasteiger partial charge in [-0.25, -0.2) is 0 Å². The van der Waals surface area contributed by atoms with Crippen LogP contribution in [0.1, 0.15) is 0 Å². The number of para-hydroxylation sites is 2. The monoisotopic (exact) mass is 555 g/mol. The number of aromatic nitrogens is 7. The van der Waals surface area contributed by atoms with Crippen LogP contribution in [0.25, 0.3) is 77.7 Å². The second-order valence-electron chi connectivity index (χ2n) is 10.8. The van der Waals surface area contributed by atoms with E-state index in [-0.39, 0.29) is 0 Å². The van der Waals surface area contributed by atoms with Crippen LogP contribution in [0.2, 0.25) is 0 Å². The zero-order valence-electron chi connectivity index (χ0n) is 22.7. The number of nitrogens with zero attached hydrogens (tertiary/aromatic N) is 7. The maximum atomic E-state index is 6.12. The number of hydrogen-bond acceptors (Lipinski definition) is 4. The summed E-state index contributed by atoms with van der Waals surface area (Å²) in [6, 6.07) is 35.3. The van der Waals surface area contributed by atoms with Gasteiger partial charge in [-0.2, -0.15) is 28.8 Å². The van der Waals surface area contributed by atoms with Gasteiger partial charge in [-0.3, -0.25) is 0 Å². The number of fused-ring (bicyclic) bond motifs is 10. The highest BCUT2D eigenvalue weighted by Crippen LogP contribution is 2.36. The van der Waals surface area contributed by atoms with Gasteiger partial charge in [-0.15, -0.1) is 0 Å². The van der Waals surface area contributed by atoms with E-state index in [4.69, 9.17) is 19.7 Å². The predicted octanol–water partition coefficient (Wildman–Crippen LogP) is 7.81. The Bertz CT molecular complexity index is 2680. The molecule has 6 aromatic heterocycles. The fraction of sp³-hybridized carbons (Fsp3) is 0. The molecule has 0 aliphatic heterocycles. The number of furan rings is 1. The Hall–Kier alpha value is -6.15. The van der Waals surface area contributed by atoms with Gasteiger partial charge in [0.15, 0.2) is 16.9 Å². The summed E-state index contributed by atoms with van der Waals surface area (Å²) in [6.07, 6.45) is 7.84. The van der Waals surface area contributed by atoms with Gasteiger partial charge in [0.2, 0.25) is 0 Å². The third-order valence-corrected chi connectivity index (χ3v) is 8.45. The highest BCUT2D eigenvalue weighted by Gasteiger charge is 2.23. The fourth-order valence-corrected chi connectivity index (χ4v) is 6.47. The summed E-state index contributed by atoms with van der Waals surface area (Å²) in [5.41, 5.74) is 10.4. The second-order valence-corrected chi connectivity index (χ2v) is 10.8. The molecule has 0 saturated heterocycles. The molecule has 8 heteroatoms. The molecule has 43 heavy (non-hydrogen) atoms. The van der Waals surface area contributed by atoms with Crippen LogP contribution in [0, 0.1) is 0 Å². The minimum Gasteiger partial charge on any atom is -0.456 e. The highest BCUT2D eigenvalue weighted by atomic mass is 16.3. The van der Waals surface area contributed by atoms with Crippen molar-refractivity contribution in [1.82, 2.24) is 33.4 Å². The fourth-order valence-electron chi connectivity index (χ4n) is 6.47. The van der Waals surface area contributed by atoms with Crippen LogP contribution >= 0.6 is 0 Å². The van der Waals surface area contributed by atoms with Gasteiger partial charge in [-0.1, -0.05) is 72.8 Å². The molecule has 0 N–H and O–H groups in total. The van der Waals surface area contributed by atoms with Crippen LogP contribution in [-0.4, -0.2) is 33.4 Å². The maximum Gasteiger partial charge on any atom is 0.185 e. The lowest BCUT2D eigenvalue weighted by Gasteiger charge is -2.09. The Kier molecular flexibility index (Phi) is 4.30. The molecule has 8 nitrogen and oxygen atoms in total. The zero-order valence-corrected chi connectivity index (χ0v) is 22.7. The first-order valence-corrected chi connectivity index (χ1v) is 14.1. The largest absolute Gasteiger partial charge is 0.456 e. The number of rotatable bonds is 3. The molecule has 0 saturated carbocycles. The Balaban J connectivity index is 1.33. The molecule has 10 aromatic rings. The van der Waals surface area contributed by atoms with Crippen LogP contribution in [0.5, 0.6) is 0 Å². The first-order chi connectivity index (χ1) is 21.3. The Labute approximate surface area is 243 Å². The van der Waals surface area contributed by atoms with Crippen molar-refractivity contribution in [2.24, 2.45) is 0 Å². The van der Waals surface area contributed by atoms with E-state index in [1.165, 1.54) is 0 Å². The molecule has 6 heterocycles. The van der Waals surface area contributed by atoms with Gasteiger partial charge >= 0.3 is 0 Å². The predicted molar refractivity (Wildman–Crippen MR) is 168 cm³/mol. The van der Waals surface area contributed by atoms with Crippen molar-refractivity contribution in [2.45, 2.75) is 0 Å². The summed E-state index contributed by atoms with van der Waals surface area (Å²) < 4.78 is 14.2. The van der Waals surface area contributed by atoms with Gasteiger partial charge in [-0.05, 0) is 46.8 Å². The first kappa shape index (κ1) is 22.5. The van der Waals surface area contributed by atoms with Crippen LogP contribution in [0.4, 0.5) is 0 Å². The Morgan fingerprint density at radius 1 is 0.512 bits per heavy atom. The summed E-state index contributed by atoms with van der Waals surface area (Å²) in [6.45, 7) is 0. The van der Waals surface area contributed by atoms with Crippen LogP contribution in [0.3, 0.4) is 0 Å². The molecule has 202 valence electrons. The quantitative estimate of drug-likeness (QED) is 0.223. The van der Waals surface area contributed by atoms with E-state index in [1.54, 1.807) is 0 Å². The van der Waals surface area contributed by atoms with Crippen molar-refractivity contribution in [3.63, 3.8) is 0 Å². The highest BCUT2D eigenvalue weighted by molar-refractivity contribution is 6.06. The minimum absolute atomic E-state index is 0.850. The molecular weight excluding hydrogens is 534 g/mol. The molecule has 0 spiro atoms. The van der Waals surface area contributed by atoms with Gasteiger partial charge in [0.05, 0.1) is 24.1 Å². The van der Waals surface area contributed by atoms with Crippen molar-refractivity contribution in [3.8, 4) is 27.9 Å². The van der Waals surface area contributed by atoms with Gasteiger partial charge in [0, 0.05) is 28.1 Å². The second kappa shape index (κ2) is 8.20. The Morgan fingerprint density at radius 3 is 2.05 bits per heavy atom. The Morgan fingerprint density at radius 2 is 1.19 bits per heavy atom. The van der Waals surface area contributed by atoms with Gasteiger partial charge < -0.3 is 8.98 Å². The van der Waals surface area contributed by atoms with Crippen LogP contribution in [-0.2, 0) is 0 Å². The maximum absolute atomic E-state index is 6.12. The van der Waals surface area contributed by atoms with Crippen molar-refractivity contribution >= 4 is 49.8 Å². The van der Waals surface area contributed by atoms with Crippen molar-refractivity contribution in [2.75, 3.05) is 0 Å². The molecule has 0 unspecified atom stereocenters. The first-order valence-electron chi connectivity index (χ1n) is 14.1. The summed E-state index contributed by atoms with van der Waals surface area (Å²) in [5, 5.41) is 18.1. The normalized spacial score (nSPS) is 12.2. The van der Waals surface area contributed by atoms with Gasteiger partial charge in [0.1, 0.15) is 16.9 Å². The summed E-state index contributed by atoms with van der Waals surface area (Å²) in [7, 11) is 0. The van der Waals surface area contributed by atoms with Crippen LogP contribution < -0.4 is 0 Å². The topological polar surface area (TPSA) is 70.0 Å². The molecule has 0 aliphatic rings. The summed E-state index contributed by atoms with van der Waals surface area (Å²) in [4.78, 5) is 0. The van der Waals surface area contributed by atoms with E-state index in [0.717, 1.165) is 77.7 Å². The van der Waals surface area contributed by atoms with E-state index < -0.39 is 0 Å². The molecule has 0 atom stereocenters. The number of benzene rings is 4. The molecule has 0 aliphatic carbocycles. The summed E-state index contributed by atoms with van der Waals surface area (Å²) >= 11 is 0.